The van der Waals surface area contributed by atoms with Crippen molar-refractivity contribution in [3.8, 4) is 0 Å². The third-order valence-corrected chi connectivity index (χ3v) is 4.13. The van der Waals surface area contributed by atoms with Crippen molar-refractivity contribution in [3.63, 3.8) is 0 Å². The van der Waals surface area contributed by atoms with Crippen LogP contribution in [-0.2, 0) is 9.59 Å². The van der Waals surface area contributed by atoms with Gasteiger partial charge in [-0.1, -0.05) is 18.2 Å². The summed E-state index contributed by atoms with van der Waals surface area (Å²) < 4.78 is 0. The van der Waals surface area contributed by atoms with Crippen LogP contribution in [0.4, 0.5) is 0 Å². The van der Waals surface area contributed by atoms with Gasteiger partial charge in [0.1, 0.15) is 0 Å². The molecule has 1 aromatic carbocycles. The molecule has 0 saturated carbocycles. The maximum atomic E-state index is 12.2. The molecule has 1 N–H and O–H groups in total. The number of amides is 2. The normalized spacial score (nSPS) is 19.7. The maximum absolute atomic E-state index is 12.2. The zero-order valence-corrected chi connectivity index (χ0v) is 11.8. The van der Waals surface area contributed by atoms with Gasteiger partial charge in [-0.2, -0.15) is 0 Å². The molecule has 2 amide bonds. The number of carbonyl (C=O) groups excluding carboxylic acids is 2. The van der Waals surface area contributed by atoms with Crippen molar-refractivity contribution in [1.29, 1.82) is 0 Å². The van der Waals surface area contributed by atoms with Crippen LogP contribution < -0.4 is 5.32 Å². The largest absolute Gasteiger partial charge is 0.354 e. The van der Waals surface area contributed by atoms with Crippen LogP contribution in [0.15, 0.2) is 35.2 Å². The predicted octanol–water partition coefficient (Wildman–Crippen LogP) is 1.52. The van der Waals surface area contributed by atoms with Crippen LogP contribution in [0.1, 0.15) is 13.3 Å². The summed E-state index contributed by atoms with van der Waals surface area (Å²) in [6.45, 7) is 3.03. The molecule has 0 aromatic heterocycles. The minimum Gasteiger partial charge on any atom is -0.354 e. The smallest absolute Gasteiger partial charge is 0.233 e. The highest BCUT2D eigenvalue weighted by Gasteiger charge is 2.24. The molecule has 0 radical (unpaired) electrons. The van der Waals surface area contributed by atoms with Crippen LogP contribution in [0.2, 0.25) is 0 Å². The monoisotopic (exact) mass is 278 g/mol. The highest BCUT2D eigenvalue weighted by atomic mass is 32.2. The zero-order chi connectivity index (χ0) is 13.7. The van der Waals surface area contributed by atoms with E-state index in [2.05, 4.69) is 5.32 Å². The van der Waals surface area contributed by atoms with Gasteiger partial charge in [0.05, 0.1) is 5.75 Å². The van der Waals surface area contributed by atoms with Crippen molar-refractivity contribution >= 4 is 23.6 Å². The summed E-state index contributed by atoms with van der Waals surface area (Å²) in [6, 6.07) is 9.94. The fourth-order valence-electron chi connectivity index (χ4n) is 2.02. The van der Waals surface area contributed by atoms with Crippen LogP contribution in [0.3, 0.4) is 0 Å². The molecule has 102 valence electrons. The van der Waals surface area contributed by atoms with E-state index in [1.54, 1.807) is 4.90 Å². The molecule has 1 heterocycles. The van der Waals surface area contributed by atoms with Crippen molar-refractivity contribution < 1.29 is 9.59 Å². The molecule has 19 heavy (non-hydrogen) atoms. The van der Waals surface area contributed by atoms with Crippen molar-refractivity contribution in [2.75, 3.05) is 18.8 Å². The summed E-state index contributed by atoms with van der Waals surface area (Å²) in [4.78, 5) is 26.4. The van der Waals surface area contributed by atoms with Gasteiger partial charge >= 0.3 is 0 Å². The van der Waals surface area contributed by atoms with Gasteiger partial charge in [-0.3, -0.25) is 9.59 Å². The lowest BCUT2D eigenvalue weighted by Crippen LogP contribution is -2.42. The van der Waals surface area contributed by atoms with E-state index < -0.39 is 0 Å². The van der Waals surface area contributed by atoms with Gasteiger partial charge in [-0.15, -0.1) is 11.8 Å². The first kappa shape index (κ1) is 13.9. The number of nitrogens with one attached hydrogen (secondary N) is 1. The first-order valence-corrected chi connectivity index (χ1v) is 7.39. The molecule has 5 heteroatoms. The Balaban J connectivity index is 1.90. The van der Waals surface area contributed by atoms with E-state index >= 15 is 0 Å². The second-order valence-corrected chi connectivity index (χ2v) is 5.64. The average Bonchev–Trinajstić information content (AvgIpc) is 2.60. The lowest BCUT2D eigenvalue weighted by atomic mass is 10.3. The fraction of sp³-hybridized carbons (Fsp3) is 0.429. The molecule has 1 fully saturated rings. The SMILES string of the molecule is C[C@H]1CNC(=O)CCN1C(=O)CSc1ccccc1. The molecule has 1 atom stereocenters. The Labute approximate surface area is 117 Å². The van der Waals surface area contributed by atoms with E-state index in [1.807, 2.05) is 37.3 Å². The van der Waals surface area contributed by atoms with E-state index in [1.165, 1.54) is 11.8 Å². The van der Waals surface area contributed by atoms with Gasteiger partial charge in [0.2, 0.25) is 11.8 Å². The third-order valence-electron chi connectivity index (χ3n) is 3.13. The molecule has 1 aliphatic rings. The van der Waals surface area contributed by atoms with Crippen LogP contribution >= 0.6 is 11.8 Å². The van der Waals surface area contributed by atoms with E-state index in [0.717, 1.165) is 4.90 Å². The number of benzene rings is 1. The van der Waals surface area contributed by atoms with Gasteiger partial charge < -0.3 is 10.2 Å². The number of hydrogen-bond donors (Lipinski definition) is 1. The number of thioether (sulfide) groups is 1. The van der Waals surface area contributed by atoms with Crippen LogP contribution in [0.5, 0.6) is 0 Å². The van der Waals surface area contributed by atoms with Crippen molar-refractivity contribution in [2.45, 2.75) is 24.3 Å². The average molecular weight is 278 g/mol. The van der Waals surface area contributed by atoms with E-state index in [0.29, 0.717) is 25.3 Å². The summed E-state index contributed by atoms with van der Waals surface area (Å²) in [5.74, 6) is 0.540. The Morgan fingerprint density at radius 2 is 2.16 bits per heavy atom. The van der Waals surface area contributed by atoms with Gasteiger partial charge in [-0.05, 0) is 19.1 Å². The van der Waals surface area contributed by atoms with Gasteiger partial charge in [-0.25, -0.2) is 0 Å². The molecule has 0 unspecified atom stereocenters. The zero-order valence-electron chi connectivity index (χ0n) is 11.0. The van der Waals surface area contributed by atoms with Gasteiger partial charge in [0.25, 0.3) is 0 Å². The Bertz CT molecular complexity index is 450. The van der Waals surface area contributed by atoms with Crippen LogP contribution in [-0.4, -0.2) is 41.6 Å². The lowest BCUT2D eigenvalue weighted by molar-refractivity contribution is -0.130. The Morgan fingerprint density at radius 3 is 2.89 bits per heavy atom. The predicted molar refractivity (Wildman–Crippen MR) is 76.0 cm³/mol. The summed E-state index contributed by atoms with van der Waals surface area (Å²) in [6.07, 6.45) is 0.395. The van der Waals surface area contributed by atoms with Crippen molar-refractivity contribution in [1.82, 2.24) is 10.2 Å². The number of rotatable bonds is 3. The molecular formula is C14H18N2O2S. The van der Waals surface area contributed by atoms with E-state index in [4.69, 9.17) is 0 Å². The van der Waals surface area contributed by atoms with E-state index in [9.17, 15) is 9.59 Å². The molecule has 2 rings (SSSR count). The Kier molecular flexibility index (Phi) is 4.85. The molecule has 4 nitrogen and oxygen atoms in total. The molecule has 1 saturated heterocycles. The third kappa shape index (κ3) is 3.99. The molecule has 0 aliphatic carbocycles. The number of hydrogen-bond acceptors (Lipinski definition) is 3. The summed E-state index contributed by atoms with van der Waals surface area (Å²) in [7, 11) is 0. The van der Waals surface area contributed by atoms with Gasteiger partial charge in [0.15, 0.2) is 0 Å². The lowest BCUT2D eigenvalue weighted by Gasteiger charge is -2.26. The highest BCUT2D eigenvalue weighted by Crippen LogP contribution is 2.18. The summed E-state index contributed by atoms with van der Waals surface area (Å²) >= 11 is 1.54. The molecule has 0 spiro atoms. The van der Waals surface area contributed by atoms with Crippen LogP contribution in [0.25, 0.3) is 0 Å². The molecular weight excluding hydrogens is 260 g/mol. The molecule has 1 aliphatic heterocycles. The Hall–Kier alpha value is -1.49. The maximum Gasteiger partial charge on any atom is 0.233 e. The number of carbonyl (C=O) groups is 2. The first-order valence-electron chi connectivity index (χ1n) is 6.41. The van der Waals surface area contributed by atoms with Crippen molar-refractivity contribution in [3.05, 3.63) is 30.3 Å². The van der Waals surface area contributed by atoms with Gasteiger partial charge in [0, 0.05) is 30.4 Å². The minimum absolute atomic E-state index is 0.0258. The second kappa shape index (κ2) is 6.61. The van der Waals surface area contributed by atoms with E-state index in [-0.39, 0.29) is 17.9 Å². The summed E-state index contributed by atoms with van der Waals surface area (Å²) in [5.41, 5.74) is 0. The Morgan fingerprint density at radius 1 is 1.42 bits per heavy atom. The highest BCUT2D eigenvalue weighted by molar-refractivity contribution is 8.00. The van der Waals surface area contributed by atoms with Crippen molar-refractivity contribution in [2.24, 2.45) is 0 Å². The quantitative estimate of drug-likeness (QED) is 0.853. The summed E-state index contributed by atoms with van der Waals surface area (Å²) in [5, 5.41) is 2.81. The standard InChI is InChI=1S/C14H18N2O2S/c1-11-9-15-13(17)7-8-16(11)14(18)10-19-12-5-3-2-4-6-12/h2-6,11H,7-10H2,1H3,(H,15,17)/t11-/m0/s1. The minimum atomic E-state index is 0.0258. The van der Waals surface area contributed by atoms with Crippen LogP contribution in [0, 0.1) is 0 Å². The fourth-order valence-corrected chi connectivity index (χ4v) is 2.82. The number of nitrogens with zero attached hydrogens (tertiary/aromatic N) is 1. The molecule has 1 aromatic rings. The molecule has 0 bridgehead atoms. The topological polar surface area (TPSA) is 49.4 Å². The first-order chi connectivity index (χ1) is 9.16. The second-order valence-electron chi connectivity index (χ2n) is 4.59.